The molecule has 6 aliphatic carbocycles. The Kier molecular flexibility index (Phi) is 2.22. The van der Waals surface area contributed by atoms with E-state index in [1.165, 1.54) is 24.8 Å². The van der Waals surface area contributed by atoms with E-state index >= 15 is 0 Å². The highest BCUT2D eigenvalue weighted by molar-refractivity contribution is 5.66. The number of carbonyl (C=O) groups excluding carboxylic acids is 1. The molecule has 3 aliphatic heterocycles. The predicted molar refractivity (Wildman–Crippen MR) is 94.8 cm³/mol. The number of fused-ring (bicyclic) bond motifs is 1. The van der Waals surface area contributed by atoms with Gasteiger partial charge in [0.1, 0.15) is 11.8 Å². The van der Waals surface area contributed by atoms with Crippen molar-refractivity contribution in [3.63, 3.8) is 0 Å². The van der Waals surface area contributed by atoms with Crippen LogP contribution in [0.2, 0.25) is 0 Å². The van der Waals surface area contributed by atoms with Crippen LogP contribution in [0.25, 0.3) is 0 Å². The molecule has 9 aliphatic rings. The van der Waals surface area contributed by atoms with Gasteiger partial charge in [0.2, 0.25) is 0 Å². The molecule has 0 aromatic rings. The Morgan fingerprint density at radius 1 is 1.38 bits per heavy atom. The van der Waals surface area contributed by atoms with Gasteiger partial charge in [0.05, 0.1) is 0 Å². The van der Waals surface area contributed by atoms with E-state index in [0.29, 0.717) is 29.7 Å². The number of esters is 1. The third kappa shape index (κ3) is 1.15. The van der Waals surface area contributed by atoms with Crippen molar-refractivity contribution in [3.05, 3.63) is 12.2 Å². The minimum atomic E-state index is -0.613. The van der Waals surface area contributed by atoms with E-state index in [4.69, 9.17) is 4.74 Å². The Morgan fingerprint density at radius 2 is 2.19 bits per heavy atom. The second-order valence-electron chi connectivity index (χ2n) is 11.2. The highest BCUT2D eigenvalue weighted by atomic mass is 16.5. The number of ether oxygens (including phenoxy) is 1. The van der Waals surface area contributed by atoms with Crippen LogP contribution in [-0.2, 0) is 9.53 Å². The zero-order chi connectivity index (χ0) is 17.9. The van der Waals surface area contributed by atoms with Crippen LogP contribution in [0.3, 0.4) is 0 Å². The molecule has 11 atom stereocenters. The van der Waals surface area contributed by atoms with Crippen LogP contribution in [0, 0.1) is 39.9 Å². The average Bonchev–Trinajstić information content (AvgIpc) is 2.88. The van der Waals surface area contributed by atoms with Crippen LogP contribution in [0.4, 0.5) is 0 Å². The first kappa shape index (κ1) is 15.1. The van der Waals surface area contributed by atoms with Crippen LogP contribution in [0.15, 0.2) is 12.2 Å². The van der Waals surface area contributed by atoms with Crippen LogP contribution in [0.1, 0.15) is 52.4 Å². The molecule has 0 amide bonds. The van der Waals surface area contributed by atoms with Gasteiger partial charge in [-0.25, -0.2) is 0 Å². The first-order valence-electron chi connectivity index (χ1n) is 10.6. The SMILES string of the molecule is C=C1C[C@]23C[C@@]4(O)[C@@H]5[C@@]6(C)CCC[C@]57[C@@H]([C@@H]2C[C@@H]1[C@@H](OC(C)=O)[C@@H]37)N4C6. The summed E-state index contributed by atoms with van der Waals surface area (Å²) in [5.41, 5.74) is 1.20. The molecule has 9 fully saturated rings. The highest BCUT2D eigenvalue weighted by Gasteiger charge is 2.92. The van der Waals surface area contributed by atoms with Crippen LogP contribution < -0.4 is 0 Å². The number of hydrogen-bond acceptors (Lipinski definition) is 4. The first-order valence-corrected chi connectivity index (χ1v) is 10.6. The minimum absolute atomic E-state index is 0.00227. The zero-order valence-corrected chi connectivity index (χ0v) is 15.8. The Morgan fingerprint density at radius 3 is 2.96 bits per heavy atom. The van der Waals surface area contributed by atoms with Gasteiger partial charge in [-0.2, -0.15) is 0 Å². The molecule has 0 aromatic carbocycles. The molecule has 140 valence electrons. The van der Waals surface area contributed by atoms with E-state index in [1.807, 2.05) is 0 Å². The molecular weight excluding hydrogens is 326 g/mol. The molecule has 0 radical (unpaired) electrons. The van der Waals surface area contributed by atoms with Crippen molar-refractivity contribution >= 4 is 5.97 Å². The Hall–Kier alpha value is -0.870. The molecule has 26 heavy (non-hydrogen) atoms. The fraction of sp³-hybridized carbons (Fsp3) is 0.864. The number of hydrogen-bond donors (Lipinski definition) is 1. The van der Waals surface area contributed by atoms with Gasteiger partial charge in [-0.05, 0) is 48.9 Å². The van der Waals surface area contributed by atoms with Gasteiger partial charge < -0.3 is 9.84 Å². The summed E-state index contributed by atoms with van der Waals surface area (Å²) in [5, 5.41) is 12.0. The molecule has 4 nitrogen and oxygen atoms in total. The van der Waals surface area contributed by atoms with Crippen LogP contribution in [-0.4, -0.2) is 40.4 Å². The standard InChI is InChI=1S/C22H29NO3/c1-11-8-20-9-22(25)18-19(3)5-4-6-21(18)16(20)15(26-12(2)24)13(11)7-14(20)17(21)23(22)10-19/h13-18,25H,1,4-10H2,2-3H3/t13-,14-,15+,16-,17+,18+,19-,20-,21-,22+/m0/s1. The first-order chi connectivity index (χ1) is 12.3. The number of piperidine rings is 2. The minimum Gasteiger partial charge on any atom is -0.462 e. The molecule has 1 N–H and O–H groups in total. The third-order valence-electron chi connectivity index (χ3n) is 10.5. The number of nitrogens with zero attached hydrogens (tertiary/aromatic N) is 1. The summed E-state index contributed by atoms with van der Waals surface area (Å²) in [6.45, 7) is 9.48. The van der Waals surface area contributed by atoms with E-state index in [2.05, 4.69) is 18.4 Å². The quantitative estimate of drug-likeness (QED) is 0.580. The lowest BCUT2D eigenvalue weighted by molar-refractivity contribution is -0.250. The summed E-state index contributed by atoms with van der Waals surface area (Å²) in [6, 6.07) is 0.515. The predicted octanol–water partition coefficient (Wildman–Crippen LogP) is 2.71. The summed E-state index contributed by atoms with van der Waals surface area (Å²) in [7, 11) is 0. The molecule has 3 heterocycles. The maximum absolute atomic E-state index is 12.0. The molecule has 1 unspecified atom stereocenters. The lowest BCUT2D eigenvalue weighted by Crippen LogP contribution is -2.67. The molecule has 6 saturated carbocycles. The maximum Gasteiger partial charge on any atom is 0.302 e. The Bertz CT molecular complexity index is 794. The van der Waals surface area contributed by atoms with Gasteiger partial charge in [0.15, 0.2) is 0 Å². The summed E-state index contributed by atoms with van der Waals surface area (Å²) in [4.78, 5) is 14.6. The van der Waals surface area contributed by atoms with Crippen molar-refractivity contribution in [3.8, 4) is 0 Å². The normalized spacial score (nSPS) is 68.0. The lowest BCUT2D eigenvalue weighted by atomic mass is 9.39. The largest absolute Gasteiger partial charge is 0.462 e. The van der Waals surface area contributed by atoms with E-state index in [-0.39, 0.29) is 28.3 Å². The number of carbonyl (C=O) groups is 1. The fourth-order valence-electron chi connectivity index (χ4n) is 10.9. The average molecular weight is 355 g/mol. The molecule has 9 bridgehead atoms. The van der Waals surface area contributed by atoms with Gasteiger partial charge in [-0.1, -0.05) is 25.5 Å². The smallest absolute Gasteiger partial charge is 0.302 e. The third-order valence-corrected chi connectivity index (χ3v) is 10.5. The van der Waals surface area contributed by atoms with Gasteiger partial charge in [-0.15, -0.1) is 0 Å². The van der Waals surface area contributed by atoms with E-state index in [1.54, 1.807) is 6.92 Å². The molecule has 2 spiro atoms. The van der Waals surface area contributed by atoms with Crippen LogP contribution in [0.5, 0.6) is 0 Å². The van der Waals surface area contributed by atoms with Gasteiger partial charge in [0, 0.05) is 42.7 Å². The maximum atomic E-state index is 12.0. The van der Waals surface area contributed by atoms with E-state index in [9.17, 15) is 9.90 Å². The summed E-state index contributed by atoms with van der Waals surface area (Å²) >= 11 is 0. The van der Waals surface area contributed by atoms with Gasteiger partial charge >= 0.3 is 5.97 Å². The topological polar surface area (TPSA) is 49.8 Å². The van der Waals surface area contributed by atoms with Crippen molar-refractivity contribution in [2.45, 2.75) is 70.2 Å². The molecule has 4 heteroatoms. The van der Waals surface area contributed by atoms with Crippen molar-refractivity contribution in [1.29, 1.82) is 0 Å². The van der Waals surface area contributed by atoms with Gasteiger partial charge in [0.25, 0.3) is 0 Å². The monoisotopic (exact) mass is 355 g/mol. The van der Waals surface area contributed by atoms with Crippen molar-refractivity contribution in [2.24, 2.45) is 39.9 Å². The summed E-state index contributed by atoms with van der Waals surface area (Å²) in [5.74, 6) is 1.68. The Balaban J connectivity index is 1.50. The van der Waals surface area contributed by atoms with E-state index < -0.39 is 5.72 Å². The summed E-state index contributed by atoms with van der Waals surface area (Å²) in [6.07, 6.45) is 6.80. The second-order valence-corrected chi connectivity index (χ2v) is 11.2. The fourth-order valence-corrected chi connectivity index (χ4v) is 10.9. The van der Waals surface area contributed by atoms with Crippen molar-refractivity contribution < 1.29 is 14.6 Å². The lowest BCUT2D eigenvalue weighted by Gasteiger charge is -2.66. The van der Waals surface area contributed by atoms with Crippen molar-refractivity contribution in [2.75, 3.05) is 6.54 Å². The molecular formula is C22H29NO3. The highest BCUT2D eigenvalue weighted by Crippen LogP contribution is 2.89. The number of aliphatic hydroxyl groups is 1. The van der Waals surface area contributed by atoms with Crippen molar-refractivity contribution in [1.82, 2.24) is 4.90 Å². The number of rotatable bonds is 1. The molecule has 3 saturated heterocycles. The Labute approximate surface area is 155 Å². The van der Waals surface area contributed by atoms with Crippen LogP contribution >= 0.6 is 0 Å². The summed E-state index contributed by atoms with van der Waals surface area (Å²) < 4.78 is 6.08. The zero-order valence-electron chi connectivity index (χ0n) is 15.8. The second kappa shape index (κ2) is 3.82. The molecule has 9 rings (SSSR count). The van der Waals surface area contributed by atoms with Gasteiger partial charge in [-0.3, -0.25) is 9.69 Å². The molecule has 0 aromatic heterocycles. The van der Waals surface area contributed by atoms with E-state index in [0.717, 1.165) is 25.8 Å².